The molecule has 2 aliphatic carbocycles. The molecule has 2 saturated carbocycles. The zero-order chi connectivity index (χ0) is 33.7. The van der Waals surface area contributed by atoms with Crippen LogP contribution in [0.5, 0.6) is 5.75 Å². The number of hydrogen-bond acceptors (Lipinski definition) is 14. The van der Waals surface area contributed by atoms with Gasteiger partial charge in [0.15, 0.2) is 23.6 Å². The molecule has 0 radical (unpaired) electrons. The van der Waals surface area contributed by atoms with Gasteiger partial charge in [0.05, 0.1) is 16.0 Å². The summed E-state index contributed by atoms with van der Waals surface area (Å²) in [6.07, 6.45) is -10.1. The molecule has 17 heteroatoms. The SMILES string of the molecule is CC(=O)O[C@H]1C(=O)O[C@H]2O[C@]34C(=O)O[C@@H]5[C@H](OC(=S)Oc6c(Cl)cc(Cl)cc6Cl)[C@@H](C(C)(C)C)C21C53[C@@H](O)[C@@H]1OC(=O)[C@@H](C)[C@@]14O. The van der Waals surface area contributed by atoms with E-state index in [0.717, 1.165) is 6.92 Å². The highest BCUT2D eigenvalue weighted by atomic mass is 35.5. The average molecular weight is 722 g/mol. The Morgan fingerprint density at radius 1 is 1.00 bits per heavy atom. The minimum atomic E-state index is -2.56. The molecule has 12 atom stereocenters. The summed E-state index contributed by atoms with van der Waals surface area (Å²) in [4.78, 5) is 53.2. The van der Waals surface area contributed by atoms with Crippen molar-refractivity contribution in [2.75, 3.05) is 0 Å². The molecule has 4 saturated heterocycles. The molecule has 4 heterocycles. The predicted octanol–water partition coefficient (Wildman–Crippen LogP) is 2.52. The van der Waals surface area contributed by atoms with Crippen LogP contribution in [0.1, 0.15) is 34.6 Å². The molecule has 0 amide bonds. The fourth-order valence-corrected chi connectivity index (χ4v) is 10.6. The van der Waals surface area contributed by atoms with Crippen LogP contribution in [0, 0.1) is 28.1 Å². The Hall–Kier alpha value is -2.46. The van der Waals surface area contributed by atoms with Crippen molar-refractivity contribution in [3.8, 4) is 5.75 Å². The van der Waals surface area contributed by atoms with Crippen LogP contribution in [0.2, 0.25) is 15.1 Å². The monoisotopic (exact) mass is 720 g/mol. The van der Waals surface area contributed by atoms with Crippen LogP contribution in [0.25, 0.3) is 0 Å². The molecule has 4 aliphatic heterocycles. The van der Waals surface area contributed by atoms with Crippen molar-refractivity contribution in [1.29, 1.82) is 0 Å². The largest absolute Gasteiger partial charge is 0.456 e. The third-order valence-corrected chi connectivity index (χ3v) is 11.5. The average Bonchev–Trinajstić information content (AvgIpc) is 3.63. The molecular formula is C29H27Cl3O13S. The van der Waals surface area contributed by atoms with Gasteiger partial charge in [-0.3, -0.25) is 9.59 Å². The molecule has 13 nitrogen and oxygen atoms in total. The topological polar surface area (TPSA) is 173 Å². The molecule has 6 fully saturated rings. The first kappa shape index (κ1) is 32.1. The van der Waals surface area contributed by atoms with Crippen LogP contribution in [0.4, 0.5) is 0 Å². The third kappa shape index (κ3) is 3.31. The van der Waals surface area contributed by atoms with Gasteiger partial charge >= 0.3 is 29.1 Å². The minimum absolute atomic E-state index is 0.00199. The highest BCUT2D eigenvalue weighted by molar-refractivity contribution is 7.79. The van der Waals surface area contributed by atoms with Gasteiger partial charge < -0.3 is 43.4 Å². The number of halogens is 3. The molecule has 46 heavy (non-hydrogen) atoms. The molecule has 1 aromatic carbocycles. The lowest BCUT2D eigenvalue weighted by atomic mass is 9.51. The highest BCUT2D eigenvalue weighted by Crippen LogP contribution is 2.85. The number of rotatable bonds is 3. The number of thiocarbonyl (C=S) groups is 1. The van der Waals surface area contributed by atoms with Gasteiger partial charge in [0.2, 0.25) is 18.0 Å². The summed E-state index contributed by atoms with van der Waals surface area (Å²) in [5.41, 5.74) is -10.2. The van der Waals surface area contributed by atoms with Gasteiger partial charge in [0.25, 0.3) is 0 Å². The van der Waals surface area contributed by atoms with Crippen LogP contribution in [0.3, 0.4) is 0 Å². The normalized spacial score (nSPS) is 44.5. The molecule has 6 aliphatic rings. The van der Waals surface area contributed by atoms with Crippen molar-refractivity contribution in [2.45, 2.75) is 82.6 Å². The number of fused-ring (bicyclic) bond motifs is 1. The van der Waals surface area contributed by atoms with Crippen molar-refractivity contribution in [1.82, 2.24) is 0 Å². The van der Waals surface area contributed by atoms with E-state index in [4.69, 9.17) is 80.2 Å². The fraction of sp³-hybridized carbons (Fsp3) is 0.621. The zero-order valence-electron chi connectivity index (χ0n) is 24.7. The second-order valence-corrected chi connectivity index (χ2v) is 15.1. The number of esters is 4. The van der Waals surface area contributed by atoms with E-state index in [1.807, 2.05) is 0 Å². The summed E-state index contributed by atoms with van der Waals surface area (Å²) in [5, 5.41) is 24.4. The predicted molar refractivity (Wildman–Crippen MR) is 157 cm³/mol. The van der Waals surface area contributed by atoms with Crippen molar-refractivity contribution < 1.29 is 62.5 Å². The van der Waals surface area contributed by atoms with Gasteiger partial charge in [-0.25, -0.2) is 9.59 Å². The quantitative estimate of drug-likeness (QED) is 0.265. The molecule has 1 aromatic rings. The third-order valence-electron chi connectivity index (χ3n) is 10.6. The first-order chi connectivity index (χ1) is 21.3. The Morgan fingerprint density at radius 2 is 1.63 bits per heavy atom. The van der Waals surface area contributed by atoms with Crippen LogP contribution in [-0.4, -0.2) is 87.3 Å². The van der Waals surface area contributed by atoms with E-state index in [1.165, 1.54) is 19.1 Å². The smallest absolute Gasteiger partial charge is 0.358 e. The lowest BCUT2D eigenvalue weighted by molar-refractivity contribution is -0.240. The summed E-state index contributed by atoms with van der Waals surface area (Å²) in [6.45, 7) is 7.69. The second-order valence-electron chi connectivity index (χ2n) is 13.5. The highest BCUT2D eigenvalue weighted by Gasteiger charge is 3.06. The summed E-state index contributed by atoms with van der Waals surface area (Å²) in [7, 11) is 0. The van der Waals surface area contributed by atoms with E-state index in [-0.39, 0.29) is 20.8 Å². The van der Waals surface area contributed by atoms with Crippen molar-refractivity contribution in [2.24, 2.45) is 28.1 Å². The molecule has 2 spiro atoms. The first-order valence-electron chi connectivity index (χ1n) is 14.2. The Morgan fingerprint density at radius 3 is 2.22 bits per heavy atom. The van der Waals surface area contributed by atoms with Gasteiger partial charge in [0, 0.05) is 30.1 Å². The first-order valence-corrected chi connectivity index (χ1v) is 15.8. The standard InChI is InChI=1S/C29H27Cl3O13S/c1-8-20(35)42-18-16(34)27-17-14(41-24(46)40-13-11(31)6-10(30)7-12(13)32)15(25(3,4)5)26(27)19(39-9(2)33)21(36)44-23(26)45-29(27,22(37)43-17)28(8,18)38/h6-8,14-19,23,34,38H,1-5H3/t8-,14-,15+,16+,17-,18+,19+,23+,26?,27?,28-,29-/m1/s1. The Kier molecular flexibility index (Phi) is 6.69. The molecular weight excluding hydrogens is 695 g/mol. The van der Waals surface area contributed by atoms with Crippen LogP contribution < -0.4 is 4.74 Å². The summed E-state index contributed by atoms with van der Waals surface area (Å²) >= 11 is 24.1. The maximum absolute atomic E-state index is 14.2. The molecule has 0 bridgehead atoms. The second kappa shape index (κ2) is 9.58. The van der Waals surface area contributed by atoms with Gasteiger partial charge in [-0.1, -0.05) is 55.6 Å². The van der Waals surface area contributed by atoms with E-state index in [1.54, 1.807) is 20.8 Å². The number of hydrogen-bond donors (Lipinski definition) is 2. The van der Waals surface area contributed by atoms with Gasteiger partial charge in [0.1, 0.15) is 23.0 Å². The van der Waals surface area contributed by atoms with Gasteiger partial charge in [-0.05, 0) is 24.5 Å². The Balaban J connectivity index is 1.46. The molecule has 0 aromatic heterocycles. The van der Waals surface area contributed by atoms with Crippen LogP contribution in [0.15, 0.2) is 12.1 Å². The number of ether oxygens (including phenoxy) is 7. The Bertz CT molecular complexity index is 1620. The van der Waals surface area contributed by atoms with Crippen molar-refractivity contribution in [3.05, 3.63) is 27.2 Å². The molecule has 7 rings (SSSR count). The Labute approximate surface area is 281 Å². The van der Waals surface area contributed by atoms with E-state index >= 15 is 0 Å². The molecule has 2 N–H and O–H groups in total. The lowest BCUT2D eigenvalue weighted by Crippen LogP contribution is -2.67. The lowest BCUT2D eigenvalue weighted by Gasteiger charge is -2.47. The number of aliphatic hydroxyl groups is 2. The number of carbonyl (C=O) groups excluding carboxylic acids is 4. The summed E-state index contributed by atoms with van der Waals surface area (Å²) < 4.78 is 41.1. The van der Waals surface area contributed by atoms with E-state index in [9.17, 15) is 29.4 Å². The van der Waals surface area contributed by atoms with Crippen LogP contribution >= 0.6 is 47.0 Å². The number of aliphatic hydroxyl groups excluding tert-OH is 1. The fourth-order valence-electron chi connectivity index (χ4n) is 9.48. The number of carbonyl (C=O) groups is 4. The van der Waals surface area contributed by atoms with Crippen molar-refractivity contribution >= 4 is 76.1 Å². The summed E-state index contributed by atoms with van der Waals surface area (Å²) in [6, 6.07) is 2.72. The van der Waals surface area contributed by atoms with E-state index in [2.05, 4.69) is 0 Å². The van der Waals surface area contributed by atoms with Gasteiger partial charge in [-0.15, -0.1) is 0 Å². The van der Waals surface area contributed by atoms with E-state index in [0.29, 0.717) is 0 Å². The molecule has 2 unspecified atom stereocenters. The molecule has 248 valence electrons. The maximum atomic E-state index is 14.2. The number of benzene rings is 1. The van der Waals surface area contributed by atoms with Crippen molar-refractivity contribution in [3.63, 3.8) is 0 Å². The van der Waals surface area contributed by atoms with E-state index < -0.39 is 105 Å². The maximum Gasteiger partial charge on any atom is 0.358 e. The van der Waals surface area contributed by atoms with Crippen LogP contribution in [-0.2, 0) is 47.6 Å². The van der Waals surface area contributed by atoms with Gasteiger partial charge in [-0.2, -0.15) is 0 Å². The minimum Gasteiger partial charge on any atom is -0.456 e. The zero-order valence-corrected chi connectivity index (χ0v) is 27.8. The summed E-state index contributed by atoms with van der Waals surface area (Å²) in [5.74, 6) is -6.57.